The first-order chi connectivity index (χ1) is 15.7. The Balaban J connectivity index is 5.80. The van der Waals surface area contributed by atoms with Gasteiger partial charge in [-0.2, -0.15) is 13.2 Å². The first-order valence-corrected chi connectivity index (χ1v) is 23.2. The van der Waals surface area contributed by atoms with Crippen molar-refractivity contribution in [3.8, 4) is 0 Å². The molecule has 0 saturated carbocycles. The first-order valence-electron chi connectivity index (χ1n) is 11.0. The monoisotopic (exact) mass is 602 g/mol. The van der Waals surface area contributed by atoms with E-state index < -0.39 is 82.2 Å². The summed E-state index contributed by atoms with van der Waals surface area (Å²) in [5.74, 6) is -4.39. The number of carbonyl (C=O) groups is 2. The number of alkyl halides is 6. The third kappa shape index (κ3) is 11.6. The van der Waals surface area contributed by atoms with E-state index in [2.05, 4.69) is 0 Å². The minimum absolute atomic E-state index is 0.0581. The summed E-state index contributed by atoms with van der Waals surface area (Å²) < 4.78 is 103. The van der Waals surface area contributed by atoms with Gasteiger partial charge in [0.05, 0.1) is 12.2 Å². The summed E-state index contributed by atoms with van der Waals surface area (Å²) in [6.07, 6.45) is -11.4. The molecule has 0 aliphatic heterocycles. The Morgan fingerprint density at radius 1 is 0.833 bits per heavy atom. The van der Waals surface area contributed by atoms with Gasteiger partial charge in [0.25, 0.3) is 12.1 Å². The van der Waals surface area contributed by atoms with Crippen molar-refractivity contribution in [1.29, 1.82) is 0 Å². The Morgan fingerprint density at radius 2 is 1.22 bits per heavy atom. The van der Waals surface area contributed by atoms with Gasteiger partial charge < -0.3 is 22.2 Å². The molecular weight excluding hydrogens is 567 g/mol. The van der Waals surface area contributed by atoms with E-state index in [1.165, 1.54) is 0 Å². The van der Waals surface area contributed by atoms with E-state index in [-0.39, 0.29) is 12.5 Å². The van der Waals surface area contributed by atoms with Crippen molar-refractivity contribution in [2.24, 2.45) is 0 Å². The number of ether oxygens (including phenoxy) is 1. The van der Waals surface area contributed by atoms with Gasteiger partial charge in [-0.3, -0.25) is 0 Å². The maximum Gasteiger partial charge on any atom is 0.469 e. The molecule has 0 saturated heterocycles. The second kappa shape index (κ2) is 12.2. The summed E-state index contributed by atoms with van der Waals surface area (Å²) in [6.45, 7) is 17.1. The van der Waals surface area contributed by atoms with E-state index in [4.69, 9.17) is 22.2 Å². The van der Waals surface area contributed by atoms with Crippen molar-refractivity contribution in [2.45, 2.75) is 89.7 Å². The summed E-state index contributed by atoms with van der Waals surface area (Å²) in [5, 5.41) is 8.89. The molecule has 0 heterocycles. The van der Waals surface area contributed by atoms with E-state index in [1.54, 1.807) is 0 Å². The molecule has 1 unspecified atom stereocenters. The zero-order chi connectivity index (χ0) is 29.0. The molecule has 0 spiro atoms. The number of hydrogen-bond donors (Lipinski definition) is 1. The molecular formula is C19H36F6O7Si4. The summed E-state index contributed by atoms with van der Waals surface area (Å²) in [5.41, 5.74) is -8.02. The van der Waals surface area contributed by atoms with Crippen LogP contribution < -0.4 is 0 Å². The van der Waals surface area contributed by atoms with Gasteiger partial charge in [0.15, 0.2) is 25.0 Å². The number of rotatable bonds is 14. The van der Waals surface area contributed by atoms with Crippen LogP contribution in [0.4, 0.5) is 26.3 Å². The molecule has 0 aromatic heterocycles. The maximum atomic E-state index is 14.1. The fraction of sp³-hybridized carbons (Fsp3) is 0.789. The summed E-state index contributed by atoms with van der Waals surface area (Å²) in [4.78, 5) is 23.1. The van der Waals surface area contributed by atoms with Crippen molar-refractivity contribution >= 4 is 45.7 Å². The van der Waals surface area contributed by atoms with Crippen LogP contribution in [0.5, 0.6) is 0 Å². The second-order valence-electron chi connectivity index (χ2n) is 11.0. The largest absolute Gasteiger partial charge is 0.478 e. The molecule has 17 heteroatoms. The molecule has 0 rings (SSSR count). The van der Waals surface area contributed by atoms with Crippen LogP contribution in [0, 0.1) is 0 Å². The lowest BCUT2D eigenvalue weighted by atomic mass is 9.94. The quantitative estimate of drug-likeness (QED) is 0.0863. The Labute approximate surface area is 211 Å². The van der Waals surface area contributed by atoms with Gasteiger partial charge in [0, 0.05) is 12.1 Å². The molecule has 36 heavy (non-hydrogen) atoms. The topological polar surface area (TPSA) is 91.3 Å². The van der Waals surface area contributed by atoms with Crippen LogP contribution in [-0.4, -0.2) is 75.7 Å². The Kier molecular flexibility index (Phi) is 11.9. The fourth-order valence-electron chi connectivity index (χ4n) is 2.95. The summed E-state index contributed by atoms with van der Waals surface area (Å²) in [6, 6.07) is 0.182. The minimum Gasteiger partial charge on any atom is -0.478 e. The van der Waals surface area contributed by atoms with Crippen LogP contribution in [0.15, 0.2) is 11.6 Å². The van der Waals surface area contributed by atoms with Gasteiger partial charge in [0.2, 0.25) is 0 Å². The van der Waals surface area contributed by atoms with E-state index in [0.717, 1.165) is 0 Å². The van der Waals surface area contributed by atoms with Gasteiger partial charge in [-0.15, -0.1) is 0 Å². The summed E-state index contributed by atoms with van der Waals surface area (Å²) in [7, 11) is -9.93. The molecule has 0 radical (unpaired) electrons. The Hall–Kier alpha value is -0.992. The average Bonchev–Trinajstić information content (AvgIpc) is 2.56. The lowest BCUT2D eigenvalue weighted by Crippen LogP contribution is -2.60. The van der Waals surface area contributed by atoms with Crippen LogP contribution in [0.25, 0.3) is 0 Å². The first kappa shape index (κ1) is 35.0. The van der Waals surface area contributed by atoms with Crippen molar-refractivity contribution in [3.05, 3.63) is 11.6 Å². The SMILES string of the molecule is C[Si](C)(C)O[Si](CCCOC(=O)C=C(C(=O)O)C(F)(C(F)F)C(F)(F)F)(O[Si](C)(C)C)O[Si](C)(C)C. The van der Waals surface area contributed by atoms with Gasteiger partial charge in [0.1, 0.15) is 0 Å². The lowest BCUT2D eigenvalue weighted by molar-refractivity contribution is -0.253. The maximum absolute atomic E-state index is 14.1. The molecule has 0 aromatic rings. The fourth-order valence-corrected chi connectivity index (χ4v) is 17.6. The van der Waals surface area contributed by atoms with E-state index in [0.29, 0.717) is 0 Å². The van der Waals surface area contributed by atoms with Crippen molar-refractivity contribution in [2.75, 3.05) is 6.61 Å². The third-order valence-corrected chi connectivity index (χ3v) is 15.9. The Bertz CT molecular complexity index is 763. The smallest absolute Gasteiger partial charge is 0.469 e. The second-order valence-corrected chi connectivity index (χ2v) is 28.0. The molecule has 0 aliphatic carbocycles. The van der Waals surface area contributed by atoms with E-state index >= 15 is 0 Å². The molecule has 1 atom stereocenters. The molecule has 0 fully saturated rings. The standard InChI is InChI=1S/C19H36F6O7Si4/c1-33(2,3)30-36(31-34(4,5)6,32-35(7,8)9)12-10-11-29-15(26)13-14(16(27)28)18(22,17(20)21)19(23,24)25/h13,17H,10-12H2,1-9H3,(H,27,28). The van der Waals surface area contributed by atoms with Crippen LogP contribution >= 0.6 is 0 Å². The zero-order valence-electron chi connectivity index (χ0n) is 21.9. The van der Waals surface area contributed by atoms with Gasteiger partial charge in [-0.25, -0.2) is 22.8 Å². The van der Waals surface area contributed by atoms with Crippen molar-refractivity contribution in [1.82, 2.24) is 0 Å². The highest BCUT2D eigenvalue weighted by Crippen LogP contribution is 2.44. The number of carbonyl (C=O) groups excluding carboxylic acids is 1. The Morgan fingerprint density at radius 3 is 1.50 bits per heavy atom. The van der Waals surface area contributed by atoms with Gasteiger partial charge in [-0.1, -0.05) is 0 Å². The number of carboxylic acids is 1. The van der Waals surface area contributed by atoms with Crippen molar-refractivity contribution in [3.63, 3.8) is 0 Å². The number of aliphatic carboxylic acids is 1. The van der Waals surface area contributed by atoms with Crippen LogP contribution in [0.1, 0.15) is 6.42 Å². The molecule has 0 aliphatic rings. The minimum atomic E-state index is -6.28. The van der Waals surface area contributed by atoms with Crippen LogP contribution in [0.2, 0.25) is 65.0 Å². The number of hydrogen-bond acceptors (Lipinski definition) is 6. The molecule has 0 aromatic carbocycles. The molecule has 212 valence electrons. The predicted octanol–water partition coefficient (Wildman–Crippen LogP) is 5.96. The van der Waals surface area contributed by atoms with Crippen molar-refractivity contribution < 1.29 is 58.1 Å². The number of carboxylic acid groups (broad SMARTS) is 1. The predicted molar refractivity (Wildman–Crippen MR) is 131 cm³/mol. The molecule has 0 amide bonds. The van der Waals surface area contributed by atoms with Crippen LogP contribution in [0.3, 0.4) is 0 Å². The van der Waals surface area contributed by atoms with Crippen LogP contribution in [-0.2, 0) is 26.7 Å². The van der Waals surface area contributed by atoms with E-state index in [1.807, 2.05) is 58.9 Å². The zero-order valence-corrected chi connectivity index (χ0v) is 25.9. The van der Waals surface area contributed by atoms with Gasteiger partial charge >= 0.3 is 26.9 Å². The van der Waals surface area contributed by atoms with E-state index in [9.17, 15) is 35.9 Å². The summed E-state index contributed by atoms with van der Waals surface area (Å²) >= 11 is 0. The number of esters is 1. The average molecular weight is 603 g/mol. The highest BCUT2D eigenvalue weighted by molar-refractivity contribution is 6.90. The normalized spacial score (nSPS) is 16.2. The van der Waals surface area contributed by atoms with Gasteiger partial charge in [-0.05, 0) is 65.3 Å². The molecule has 0 bridgehead atoms. The highest BCUT2D eigenvalue weighted by atomic mass is 28.5. The molecule has 7 nitrogen and oxygen atoms in total. The number of halogens is 6. The third-order valence-electron chi connectivity index (χ3n) is 3.85. The highest BCUT2D eigenvalue weighted by Gasteiger charge is 2.67. The lowest BCUT2D eigenvalue weighted by Gasteiger charge is -2.42. The molecule has 1 N–H and O–H groups in total.